The maximum absolute atomic E-state index is 10.8. The molecule has 4 nitrogen and oxygen atoms in total. The van der Waals surface area contributed by atoms with E-state index >= 15 is 0 Å². The Balaban J connectivity index is 3.02. The third kappa shape index (κ3) is 1.43. The molecular weight excluding hydrogens is 166 g/mol. The van der Waals surface area contributed by atoms with E-state index in [9.17, 15) is 9.59 Å². The van der Waals surface area contributed by atoms with Crippen molar-refractivity contribution in [1.29, 1.82) is 0 Å². The maximum atomic E-state index is 10.8. The molecule has 0 spiro atoms. The van der Waals surface area contributed by atoms with Crippen LogP contribution in [0.4, 0.5) is 0 Å². The third-order valence-electron chi connectivity index (χ3n) is 1.15. The quantitative estimate of drug-likeness (QED) is 0.526. The van der Waals surface area contributed by atoms with Crippen molar-refractivity contribution in [2.24, 2.45) is 0 Å². The zero-order chi connectivity index (χ0) is 8.43. The first-order valence-electron chi connectivity index (χ1n) is 2.80. The molecule has 0 amide bonds. The van der Waals surface area contributed by atoms with E-state index in [2.05, 4.69) is 4.98 Å². The van der Waals surface area contributed by atoms with E-state index in [1.165, 1.54) is 5.51 Å². The summed E-state index contributed by atoms with van der Waals surface area (Å²) >= 11 is 1.04. The Morgan fingerprint density at radius 2 is 2.27 bits per heavy atom. The summed E-state index contributed by atoms with van der Waals surface area (Å²) in [5.74, 6) is -2.32. The van der Waals surface area contributed by atoms with E-state index in [4.69, 9.17) is 5.11 Å². The summed E-state index contributed by atoms with van der Waals surface area (Å²) in [7, 11) is 0. The van der Waals surface area contributed by atoms with Gasteiger partial charge in [0.2, 0.25) is 0 Å². The maximum Gasteiger partial charge on any atom is 0.378 e. The molecule has 1 heterocycles. The number of carboxylic acids is 1. The number of Topliss-reactive ketones (excluding diaryl/α,β-unsaturated/α-hetero) is 1. The summed E-state index contributed by atoms with van der Waals surface area (Å²) in [4.78, 5) is 24.9. The summed E-state index contributed by atoms with van der Waals surface area (Å²) < 4.78 is 0. The lowest BCUT2D eigenvalue weighted by Gasteiger charge is -1.88. The molecule has 0 unspecified atom stereocenters. The Morgan fingerprint density at radius 1 is 1.64 bits per heavy atom. The van der Waals surface area contributed by atoms with Crippen LogP contribution in [0.15, 0.2) is 5.51 Å². The van der Waals surface area contributed by atoms with E-state index in [0.29, 0.717) is 5.69 Å². The lowest BCUT2D eigenvalue weighted by Crippen LogP contribution is -2.12. The molecule has 0 aliphatic carbocycles. The van der Waals surface area contributed by atoms with Crippen LogP contribution in [0.2, 0.25) is 0 Å². The van der Waals surface area contributed by atoms with Crippen LogP contribution in [0.3, 0.4) is 0 Å². The molecule has 0 atom stereocenters. The standard InChI is InChI=1S/C6H5NO3S/c1-3-5(11-2-7-3)4(8)6(9)10/h2H,1H3,(H,9,10). The van der Waals surface area contributed by atoms with Gasteiger partial charge in [0.05, 0.1) is 11.2 Å². The number of ketones is 1. The molecule has 0 aliphatic heterocycles. The monoisotopic (exact) mass is 171 g/mol. The van der Waals surface area contributed by atoms with Crippen LogP contribution in [0.1, 0.15) is 15.4 Å². The van der Waals surface area contributed by atoms with E-state index in [1.54, 1.807) is 6.92 Å². The second-order valence-electron chi connectivity index (χ2n) is 1.90. The fourth-order valence-electron chi connectivity index (χ4n) is 0.617. The Kier molecular flexibility index (Phi) is 2.00. The first-order valence-corrected chi connectivity index (χ1v) is 3.68. The summed E-state index contributed by atoms with van der Waals surface area (Å²) in [5.41, 5.74) is 1.92. The SMILES string of the molecule is Cc1ncsc1C(=O)C(=O)O. The molecule has 11 heavy (non-hydrogen) atoms. The molecular formula is C6H5NO3S. The number of aliphatic carboxylic acids is 1. The van der Waals surface area contributed by atoms with Crippen LogP contribution in [-0.2, 0) is 4.79 Å². The number of nitrogens with zero attached hydrogens (tertiary/aromatic N) is 1. The van der Waals surface area contributed by atoms with Gasteiger partial charge in [-0.3, -0.25) is 4.79 Å². The fourth-order valence-corrected chi connectivity index (χ4v) is 1.35. The lowest BCUT2D eigenvalue weighted by atomic mass is 10.3. The number of carboxylic acid groups (broad SMARTS) is 1. The van der Waals surface area contributed by atoms with Crippen molar-refractivity contribution >= 4 is 23.1 Å². The average molecular weight is 171 g/mol. The summed E-state index contributed by atoms with van der Waals surface area (Å²) in [6.45, 7) is 1.60. The number of aromatic nitrogens is 1. The van der Waals surface area contributed by atoms with Crippen molar-refractivity contribution in [3.8, 4) is 0 Å². The largest absolute Gasteiger partial charge is 0.475 e. The van der Waals surface area contributed by atoms with Crippen LogP contribution in [-0.4, -0.2) is 21.8 Å². The molecule has 1 aromatic rings. The summed E-state index contributed by atoms with van der Waals surface area (Å²) in [6, 6.07) is 0. The van der Waals surface area contributed by atoms with Gasteiger partial charge in [-0.25, -0.2) is 9.78 Å². The van der Waals surface area contributed by atoms with Crippen molar-refractivity contribution in [1.82, 2.24) is 4.98 Å². The van der Waals surface area contributed by atoms with Gasteiger partial charge in [0.25, 0.3) is 5.78 Å². The fraction of sp³-hybridized carbons (Fsp3) is 0.167. The van der Waals surface area contributed by atoms with Gasteiger partial charge in [-0.2, -0.15) is 0 Å². The van der Waals surface area contributed by atoms with Crippen molar-refractivity contribution in [3.05, 3.63) is 16.1 Å². The zero-order valence-electron chi connectivity index (χ0n) is 5.70. The van der Waals surface area contributed by atoms with Gasteiger partial charge in [-0.15, -0.1) is 11.3 Å². The highest BCUT2D eigenvalue weighted by molar-refractivity contribution is 7.12. The van der Waals surface area contributed by atoms with E-state index in [1.807, 2.05) is 0 Å². The number of carbonyl (C=O) groups is 2. The average Bonchev–Trinajstić information content (AvgIpc) is 2.33. The summed E-state index contributed by atoms with van der Waals surface area (Å²) in [6.07, 6.45) is 0. The van der Waals surface area contributed by atoms with Gasteiger partial charge in [-0.05, 0) is 6.92 Å². The van der Waals surface area contributed by atoms with Gasteiger partial charge >= 0.3 is 5.97 Å². The number of carbonyl (C=O) groups excluding carboxylic acids is 1. The topological polar surface area (TPSA) is 67.3 Å². The Labute approximate surface area is 66.5 Å². The molecule has 0 radical (unpaired) electrons. The Morgan fingerprint density at radius 3 is 2.64 bits per heavy atom. The van der Waals surface area contributed by atoms with E-state index in [0.717, 1.165) is 11.3 Å². The van der Waals surface area contributed by atoms with E-state index < -0.39 is 11.8 Å². The van der Waals surface area contributed by atoms with E-state index in [-0.39, 0.29) is 4.88 Å². The first-order chi connectivity index (χ1) is 5.13. The molecule has 0 bridgehead atoms. The van der Waals surface area contributed by atoms with Crippen molar-refractivity contribution in [2.45, 2.75) is 6.92 Å². The molecule has 0 fully saturated rings. The Bertz CT molecular complexity index is 305. The molecule has 1 aromatic heterocycles. The number of hydrogen-bond donors (Lipinski definition) is 1. The normalized spacial score (nSPS) is 9.55. The van der Waals surface area contributed by atoms with Gasteiger partial charge in [0.1, 0.15) is 4.88 Å². The van der Waals surface area contributed by atoms with Crippen molar-refractivity contribution in [3.63, 3.8) is 0 Å². The minimum Gasteiger partial charge on any atom is -0.475 e. The zero-order valence-corrected chi connectivity index (χ0v) is 6.51. The number of rotatable bonds is 2. The molecule has 1 rings (SSSR count). The van der Waals surface area contributed by atoms with Crippen LogP contribution < -0.4 is 0 Å². The first kappa shape index (κ1) is 7.87. The number of hydrogen-bond acceptors (Lipinski definition) is 4. The van der Waals surface area contributed by atoms with Gasteiger partial charge < -0.3 is 5.11 Å². The highest BCUT2D eigenvalue weighted by Gasteiger charge is 2.18. The van der Waals surface area contributed by atoms with Crippen LogP contribution >= 0.6 is 11.3 Å². The highest BCUT2D eigenvalue weighted by atomic mass is 32.1. The second-order valence-corrected chi connectivity index (χ2v) is 2.76. The van der Waals surface area contributed by atoms with Crippen molar-refractivity contribution < 1.29 is 14.7 Å². The third-order valence-corrected chi connectivity index (χ3v) is 2.07. The molecule has 58 valence electrons. The van der Waals surface area contributed by atoms with Gasteiger partial charge in [0, 0.05) is 0 Å². The van der Waals surface area contributed by atoms with Crippen LogP contribution in [0.25, 0.3) is 0 Å². The van der Waals surface area contributed by atoms with Gasteiger partial charge in [0.15, 0.2) is 0 Å². The smallest absolute Gasteiger partial charge is 0.378 e. The molecule has 0 saturated carbocycles. The predicted molar refractivity (Wildman–Crippen MR) is 38.8 cm³/mol. The Hall–Kier alpha value is -1.23. The van der Waals surface area contributed by atoms with Gasteiger partial charge in [-0.1, -0.05) is 0 Å². The summed E-state index contributed by atoms with van der Waals surface area (Å²) in [5, 5.41) is 8.31. The molecule has 5 heteroatoms. The minimum absolute atomic E-state index is 0.206. The highest BCUT2D eigenvalue weighted by Crippen LogP contribution is 2.12. The minimum atomic E-state index is -1.43. The number of thiazole rings is 1. The lowest BCUT2D eigenvalue weighted by molar-refractivity contribution is -0.131. The van der Waals surface area contributed by atoms with Crippen LogP contribution in [0.5, 0.6) is 0 Å². The molecule has 0 aliphatic rings. The van der Waals surface area contributed by atoms with Crippen LogP contribution in [0, 0.1) is 6.92 Å². The number of aryl methyl sites for hydroxylation is 1. The molecule has 0 aromatic carbocycles. The molecule has 0 saturated heterocycles. The van der Waals surface area contributed by atoms with Crippen molar-refractivity contribution in [2.75, 3.05) is 0 Å². The predicted octanol–water partition coefficient (Wildman–Crippen LogP) is 0.719. The second kappa shape index (κ2) is 2.79. The molecule has 1 N–H and O–H groups in total.